The number of aryl methyl sites for hydroxylation is 1. The molecule has 1 heterocycles. The zero-order chi connectivity index (χ0) is 25.1. The summed E-state index contributed by atoms with van der Waals surface area (Å²) in [5.41, 5.74) is 10.7. The molecule has 0 N–H and O–H groups in total. The molecule has 3 aromatic carbocycles. The maximum Gasteiger partial charge on any atom is 0.0707 e. The number of para-hydroxylation sites is 2. The fraction of sp³-hybridized carbons (Fsp3) is 0.286. The summed E-state index contributed by atoms with van der Waals surface area (Å²) in [5.74, 6) is 0.859. The Hall–Kier alpha value is -2.72. The van der Waals surface area contributed by atoms with Crippen LogP contribution in [0.3, 0.4) is 0 Å². The molecule has 5 rings (SSSR count). The van der Waals surface area contributed by atoms with Gasteiger partial charge in [-0.1, -0.05) is 131 Å². The van der Waals surface area contributed by atoms with E-state index in [4.69, 9.17) is 15.6 Å². The first-order chi connectivity index (χ1) is 17.5. The fourth-order valence-electron chi connectivity index (χ4n) is 5.28. The summed E-state index contributed by atoms with van der Waals surface area (Å²) < 4.78 is 0. The number of hydrogen-bond acceptors (Lipinski definition) is 1. The number of aromatic nitrogens is 1. The maximum atomic E-state index is 5.12. The van der Waals surface area contributed by atoms with Crippen LogP contribution in [0.2, 0.25) is 0 Å². The molecular weight excluding hydrogens is 641 g/mol. The summed E-state index contributed by atoms with van der Waals surface area (Å²) >= 11 is 0. The van der Waals surface area contributed by atoms with Crippen molar-refractivity contribution in [3.8, 4) is 11.3 Å². The van der Waals surface area contributed by atoms with E-state index in [2.05, 4.69) is 107 Å². The molecule has 0 aliphatic heterocycles. The van der Waals surface area contributed by atoms with Gasteiger partial charge in [-0.3, -0.25) is 4.98 Å². The van der Waals surface area contributed by atoms with E-state index in [1.54, 1.807) is 0 Å². The summed E-state index contributed by atoms with van der Waals surface area (Å²) in [6.07, 6.45) is 2.10. The summed E-state index contributed by atoms with van der Waals surface area (Å²) in [4.78, 5) is 5.09. The van der Waals surface area contributed by atoms with Crippen molar-refractivity contribution in [1.82, 2.24) is 4.98 Å². The Balaban J connectivity index is 0.00000178. The van der Waals surface area contributed by atoms with Crippen LogP contribution < -0.4 is 0 Å². The van der Waals surface area contributed by atoms with E-state index >= 15 is 0 Å². The van der Waals surface area contributed by atoms with Gasteiger partial charge in [-0.25, -0.2) is 0 Å². The molecule has 0 saturated carbocycles. The number of rotatable bonds is 8. The fourth-order valence-corrected chi connectivity index (χ4v) is 5.28. The van der Waals surface area contributed by atoms with Crippen molar-refractivity contribution >= 4 is 11.4 Å². The predicted octanol–water partition coefficient (Wildman–Crippen LogP) is 10.8. The molecule has 1 atom stereocenters. The van der Waals surface area contributed by atoms with Crippen molar-refractivity contribution in [2.75, 3.05) is 0 Å². The van der Waals surface area contributed by atoms with Crippen LogP contribution in [0.1, 0.15) is 79.9 Å². The molecule has 0 fully saturated rings. The zero-order valence-corrected chi connectivity index (χ0v) is 27.9. The van der Waals surface area contributed by atoms with Crippen LogP contribution in [-0.4, -0.2) is 4.98 Å². The molecule has 1 aliphatic carbocycles. The van der Waals surface area contributed by atoms with E-state index in [1.165, 1.54) is 27.8 Å². The minimum Gasteiger partial charge on any atom is -0.679 e. The molecule has 0 radical (unpaired) electrons. The van der Waals surface area contributed by atoms with Crippen molar-refractivity contribution in [3.05, 3.63) is 138 Å². The monoisotopic (exact) mass is 683 g/mol. The van der Waals surface area contributed by atoms with Gasteiger partial charge in [0.05, 0.1) is 5.69 Å². The van der Waals surface area contributed by atoms with E-state index in [0.29, 0.717) is 18.4 Å². The van der Waals surface area contributed by atoms with Crippen molar-refractivity contribution in [2.45, 2.75) is 65.0 Å². The average Bonchev–Trinajstić information content (AvgIpc) is 3.30. The quantitative estimate of drug-likeness (QED) is 0.135. The van der Waals surface area contributed by atoms with E-state index in [-0.39, 0.29) is 46.7 Å². The Morgan fingerprint density at radius 3 is 2.08 bits per heavy atom. The normalized spacial score (nSPS) is 13.6. The largest absolute Gasteiger partial charge is 0.679 e. The van der Waals surface area contributed by atoms with Crippen LogP contribution in [0.5, 0.6) is 0 Å². The SMILES string of the molecule is CC(C)c1cccc(C(C)C)c1[N-]Cc1cccc(-c2cccc3c2C([N-]c2ccccc2)CC3)n1.[CH3-].[CH3-].[Hf]. The Bertz CT molecular complexity index is 1300. The summed E-state index contributed by atoms with van der Waals surface area (Å²) in [6.45, 7) is 9.53. The van der Waals surface area contributed by atoms with Crippen LogP contribution in [0.25, 0.3) is 21.9 Å². The van der Waals surface area contributed by atoms with E-state index in [0.717, 1.165) is 35.6 Å². The molecule has 0 spiro atoms. The number of benzene rings is 3. The first kappa shape index (κ1) is 32.5. The Labute approximate surface area is 255 Å². The first-order valence-corrected chi connectivity index (χ1v) is 13.2. The van der Waals surface area contributed by atoms with E-state index < -0.39 is 0 Å². The second-order valence-corrected chi connectivity index (χ2v) is 10.3. The first-order valence-electron chi connectivity index (χ1n) is 13.2. The second kappa shape index (κ2) is 14.6. The topological polar surface area (TPSA) is 41.1 Å². The number of hydrogen-bond donors (Lipinski definition) is 0. The molecule has 1 aromatic heterocycles. The molecule has 4 heteroatoms. The van der Waals surface area contributed by atoms with Crippen molar-refractivity contribution in [3.63, 3.8) is 0 Å². The molecule has 3 nitrogen and oxygen atoms in total. The Morgan fingerprint density at radius 2 is 1.41 bits per heavy atom. The Morgan fingerprint density at radius 1 is 0.769 bits per heavy atom. The molecule has 39 heavy (non-hydrogen) atoms. The van der Waals surface area contributed by atoms with Crippen molar-refractivity contribution in [1.29, 1.82) is 0 Å². The van der Waals surface area contributed by atoms with E-state index in [9.17, 15) is 0 Å². The minimum absolute atomic E-state index is 0. The van der Waals surface area contributed by atoms with Crippen LogP contribution in [0.4, 0.5) is 11.4 Å². The molecule has 1 aliphatic rings. The van der Waals surface area contributed by atoms with E-state index in [1.807, 2.05) is 6.07 Å². The summed E-state index contributed by atoms with van der Waals surface area (Å²) in [6, 6.07) is 30.0. The van der Waals surface area contributed by atoms with Gasteiger partial charge in [0.1, 0.15) is 0 Å². The van der Waals surface area contributed by atoms with Gasteiger partial charge < -0.3 is 25.5 Å². The van der Waals surface area contributed by atoms with Crippen LogP contribution >= 0.6 is 0 Å². The van der Waals surface area contributed by atoms with Gasteiger partial charge in [0.15, 0.2) is 0 Å². The number of nitrogens with zero attached hydrogens (tertiary/aromatic N) is 3. The molecule has 0 saturated heterocycles. The Kier molecular flexibility index (Phi) is 12.2. The molecule has 0 amide bonds. The van der Waals surface area contributed by atoms with Crippen LogP contribution in [0, 0.1) is 14.9 Å². The maximum absolute atomic E-state index is 5.12. The van der Waals surface area contributed by atoms with Crippen LogP contribution in [-0.2, 0) is 38.8 Å². The molecule has 204 valence electrons. The van der Waals surface area contributed by atoms with Gasteiger partial charge >= 0.3 is 0 Å². The van der Waals surface area contributed by atoms with Crippen molar-refractivity contribution < 1.29 is 25.8 Å². The summed E-state index contributed by atoms with van der Waals surface area (Å²) in [5, 5.41) is 10.2. The third-order valence-corrected chi connectivity index (χ3v) is 7.10. The smallest absolute Gasteiger partial charge is 0.0707 e. The minimum atomic E-state index is 0. The predicted molar refractivity (Wildman–Crippen MR) is 164 cm³/mol. The standard InChI is InChI=1S/C33H35N3.2CH3.Hf/c1-22(2)27-15-10-16-28(23(3)4)33(27)34-21-26-14-9-18-30(36-26)29-17-8-11-24-19-20-31(32(24)29)35-25-12-6-5-7-13-25;;;/h5-18,22-23,31H,19-21H2,1-4H3;2*1H3;/q-2;2*-1;. The molecule has 4 aromatic rings. The third kappa shape index (κ3) is 7.28. The molecule has 1 unspecified atom stereocenters. The summed E-state index contributed by atoms with van der Waals surface area (Å²) in [7, 11) is 0. The van der Waals surface area contributed by atoms with Crippen molar-refractivity contribution in [2.24, 2.45) is 0 Å². The zero-order valence-electron chi connectivity index (χ0n) is 24.3. The van der Waals surface area contributed by atoms with Crippen LogP contribution in [0.15, 0.2) is 84.9 Å². The molecule has 0 bridgehead atoms. The van der Waals surface area contributed by atoms with Gasteiger partial charge in [0.25, 0.3) is 0 Å². The average molecular weight is 682 g/mol. The van der Waals surface area contributed by atoms with Gasteiger partial charge in [-0.05, 0) is 41.5 Å². The number of fused-ring (bicyclic) bond motifs is 1. The van der Waals surface area contributed by atoms with Gasteiger partial charge in [-0.15, -0.1) is 11.4 Å². The second-order valence-electron chi connectivity index (χ2n) is 10.3. The third-order valence-electron chi connectivity index (χ3n) is 7.10. The van der Waals surface area contributed by atoms with Gasteiger partial charge in [0, 0.05) is 37.1 Å². The van der Waals surface area contributed by atoms with Gasteiger partial charge in [0.2, 0.25) is 0 Å². The molecular formula is C35H41HfN3-4. The van der Waals surface area contributed by atoms with Gasteiger partial charge in [-0.2, -0.15) is 0 Å². The number of pyridine rings is 1.